The lowest BCUT2D eigenvalue weighted by Crippen LogP contribution is -2.18. The van der Waals surface area contributed by atoms with E-state index in [0.717, 1.165) is 32.3 Å². The Balaban J connectivity index is 2.12. The number of hydrogen-bond acceptors (Lipinski definition) is 2. The number of terminal acetylenes is 1. The zero-order valence-corrected chi connectivity index (χ0v) is 7.83. The Bertz CT molecular complexity index is 212. The summed E-state index contributed by atoms with van der Waals surface area (Å²) in [6.45, 7) is 1.18. The Morgan fingerprint density at radius 2 is 2.00 bits per heavy atom. The fourth-order valence-electron chi connectivity index (χ4n) is 1.74. The van der Waals surface area contributed by atoms with E-state index < -0.39 is 0 Å². The van der Waals surface area contributed by atoms with Crippen molar-refractivity contribution in [2.45, 2.75) is 25.7 Å². The number of hydrogen-bond donors (Lipinski definition) is 0. The largest absolute Gasteiger partial charge is 0.369 e. The molecule has 0 aromatic rings. The molecule has 1 fully saturated rings. The molecule has 0 bridgehead atoms. The van der Waals surface area contributed by atoms with E-state index in [9.17, 15) is 0 Å². The van der Waals surface area contributed by atoms with Gasteiger partial charge in [0, 0.05) is 5.92 Å². The summed E-state index contributed by atoms with van der Waals surface area (Å²) in [5.74, 6) is 3.36. The average molecular weight is 177 g/mol. The van der Waals surface area contributed by atoms with Crippen LogP contribution in [0.5, 0.6) is 0 Å². The van der Waals surface area contributed by atoms with Gasteiger partial charge >= 0.3 is 0 Å². The van der Waals surface area contributed by atoms with E-state index in [1.165, 1.54) is 0 Å². The van der Waals surface area contributed by atoms with E-state index in [0.29, 0.717) is 12.5 Å². The zero-order valence-electron chi connectivity index (χ0n) is 7.83. The zero-order chi connectivity index (χ0) is 9.52. The summed E-state index contributed by atoms with van der Waals surface area (Å²) >= 11 is 0. The predicted molar refractivity (Wildman–Crippen MR) is 50.7 cm³/mol. The molecule has 0 spiro atoms. The Hall–Kier alpha value is -0.990. The van der Waals surface area contributed by atoms with Gasteiger partial charge in [0.1, 0.15) is 6.61 Å². The number of nitriles is 1. The number of nitrogens with zero attached hydrogens (tertiary/aromatic N) is 1. The van der Waals surface area contributed by atoms with Gasteiger partial charge in [0.25, 0.3) is 0 Å². The van der Waals surface area contributed by atoms with Crippen LogP contribution < -0.4 is 0 Å². The van der Waals surface area contributed by atoms with E-state index in [1.54, 1.807) is 0 Å². The van der Waals surface area contributed by atoms with Crippen LogP contribution in [-0.4, -0.2) is 13.2 Å². The second kappa shape index (κ2) is 5.62. The third-order valence-corrected chi connectivity index (χ3v) is 2.57. The highest BCUT2D eigenvalue weighted by atomic mass is 16.5. The lowest BCUT2D eigenvalue weighted by Gasteiger charge is -2.23. The minimum Gasteiger partial charge on any atom is -0.369 e. The molecule has 0 aromatic carbocycles. The lowest BCUT2D eigenvalue weighted by atomic mass is 9.83. The average Bonchev–Trinajstić information content (AvgIpc) is 2.19. The molecule has 1 rings (SSSR count). The maximum absolute atomic E-state index is 8.68. The van der Waals surface area contributed by atoms with Crippen LogP contribution in [0.3, 0.4) is 0 Å². The van der Waals surface area contributed by atoms with Crippen LogP contribution in [-0.2, 0) is 4.74 Å². The van der Waals surface area contributed by atoms with Crippen molar-refractivity contribution in [1.29, 1.82) is 5.26 Å². The van der Waals surface area contributed by atoms with Gasteiger partial charge in [-0.15, -0.1) is 6.42 Å². The van der Waals surface area contributed by atoms with E-state index >= 15 is 0 Å². The summed E-state index contributed by atoms with van der Waals surface area (Å²) in [5.41, 5.74) is 0. The summed E-state index contributed by atoms with van der Waals surface area (Å²) in [4.78, 5) is 0. The highest BCUT2D eigenvalue weighted by Crippen LogP contribution is 2.28. The topological polar surface area (TPSA) is 33.0 Å². The van der Waals surface area contributed by atoms with Crippen LogP contribution in [0.2, 0.25) is 0 Å². The first-order valence-electron chi connectivity index (χ1n) is 4.77. The van der Waals surface area contributed by atoms with Crippen molar-refractivity contribution < 1.29 is 4.74 Å². The minimum absolute atomic E-state index is 0.281. The molecule has 0 N–H and O–H groups in total. The van der Waals surface area contributed by atoms with E-state index in [1.807, 2.05) is 0 Å². The first-order chi connectivity index (χ1) is 6.36. The molecule has 1 aliphatic carbocycles. The molecule has 0 saturated heterocycles. The van der Waals surface area contributed by atoms with Crippen molar-refractivity contribution in [3.05, 3.63) is 0 Å². The Kier molecular flexibility index (Phi) is 4.36. The molecular formula is C11H15NO. The molecule has 0 heterocycles. The van der Waals surface area contributed by atoms with Gasteiger partial charge in [-0.3, -0.25) is 0 Å². The SMILES string of the molecule is C#CCOCC1CCC(C#N)CC1. The maximum Gasteiger partial charge on any atom is 0.107 e. The van der Waals surface area contributed by atoms with Gasteiger partial charge in [0.05, 0.1) is 12.7 Å². The van der Waals surface area contributed by atoms with E-state index in [2.05, 4.69) is 12.0 Å². The van der Waals surface area contributed by atoms with E-state index in [4.69, 9.17) is 16.4 Å². The quantitative estimate of drug-likeness (QED) is 0.487. The highest BCUT2D eigenvalue weighted by molar-refractivity contribution is 4.87. The van der Waals surface area contributed by atoms with Gasteiger partial charge in [-0.2, -0.15) is 5.26 Å². The minimum atomic E-state index is 0.281. The lowest BCUT2D eigenvalue weighted by molar-refractivity contribution is 0.104. The second-order valence-electron chi connectivity index (χ2n) is 3.57. The normalized spacial score (nSPS) is 27.5. The van der Waals surface area contributed by atoms with Crippen LogP contribution in [0, 0.1) is 35.5 Å². The van der Waals surface area contributed by atoms with E-state index in [-0.39, 0.29) is 5.92 Å². The number of ether oxygens (including phenoxy) is 1. The summed E-state index contributed by atoms with van der Waals surface area (Å²) < 4.78 is 5.27. The molecule has 0 radical (unpaired) electrons. The molecule has 13 heavy (non-hydrogen) atoms. The molecule has 0 amide bonds. The first-order valence-corrected chi connectivity index (χ1v) is 4.77. The summed E-state index contributed by atoms with van der Waals surface area (Å²) in [7, 11) is 0. The van der Waals surface area contributed by atoms with Crippen molar-refractivity contribution in [3.63, 3.8) is 0 Å². The molecule has 1 aliphatic rings. The monoisotopic (exact) mass is 177 g/mol. The fraction of sp³-hybridized carbons (Fsp3) is 0.727. The maximum atomic E-state index is 8.68. The van der Waals surface area contributed by atoms with Crippen molar-refractivity contribution in [1.82, 2.24) is 0 Å². The molecule has 70 valence electrons. The van der Waals surface area contributed by atoms with Crippen LogP contribution in [0.1, 0.15) is 25.7 Å². The van der Waals surface area contributed by atoms with Gasteiger partial charge < -0.3 is 4.74 Å². The van der Waals surface area contributed by atoms with Crippen molar-refractivity contribution in [2.75, 3.05) is 13.2 Å². The molecule has 0 atom stereocenters. The van der Waals surface area contributed by atoms with Crippen LogP contribution in [0.15, 0.2) is 0 Å². The molecule has 1 saturated carbocycles. The van der Waals surface area contributed by atoms with Gasteiger partial charge in [0.2, 0.25) is 0 Å². The Labute approximate surface area is 79.9 Å². The molecule has 0 aromatic heterocycles. The molecule has 2 nitrogen and oxygen atoms in total. The van der Waals surface area contributed by atoms with Crippen molar-refractivity contribution in [2.24, 2.45) is 11.8 Å². The van der Waals surface area contributed by atoms with Gasteiger partial charge in [0.15, 0.2) is 0 Å². The third kappa shape index (κ3) is 3.49. The highest BCUT2D eigenvalue weighted by Gasteiger charge is 2.20. The second-order valence-corrected chi connectivity index (χ2v) is 3.57. The summed E-state index contributed by atoms with van der Waals surface area (Å²) in [6.07, 6.45) is 9.35. The van der Waals surface area contributed by atoms with Crippen LogP contribution >= 0.6 is 0 Å². The predicted octanol–water partition coefficient (Wildman–Crippen LogP) is 1.97. The van der Waals surface area contributed by atoms with Crippen LogP contribution in [0.4, 0.5) is 0 Å². The standard InChI is InChI=1S/C11H15NO/c1-2-7-13-9-11-5-3-10(8-12)4-6-11/h1,10-11H,3-7,9H2. The molecule has 0 unspecified atom stereocenters. The molecule has 2 heteroatoms. The van der Waals surface area contributed by atoms with Gasteiger partial charge in [-0.25, -0.2) is 0 Å². The van der Waals surface area contributed by atoms with Crippen LogP contribution in [0.25, 0.3) is 0 Å². The molecular weight excluding hydrogens is 162 g/mol. The summed E-state index contributed by atoms with van der Waals surface area (Å²) in [5, 5.41) is 8.68. The van der Waals surface area contributed by atoms with Gasteiger partial charge in [-0.1, -0.05) is 5.92 Å². The molecule has 0 aliphatic heterocycles. The first kappa shape index (κ1) is 10.1. The summed E-state index contributed by atoms with van der Waals surface area (Å²) in [6, 6.07) is 2.32. The van der Waals surface area contributed by atoms with Gasteiger partial charge in [-0.05, 0) is 31.6 Å². The smallest absolute Gasteiger partial charge is 0.107 e. The fourth-order valence-corrected chi connectivity index (χ4v) is 1.74. The van der Waals surface area contributed by atoms with Crippen molar-refractivity contribution >= 4 is 0 Å². The number of rotatable bonds is 3. The van der Waals surface area contributed by atoms with Crippen molar-refractivity contribution in [3.8, 4) is 18.4 Å². The Morgan fingerprint density at radius 1 is 1.31 bits per heavy atom. The Morgan fingerprint density at radius 3 is 2.54 bits per heavy atom. The third-order valence-electron chi connectivity index (χ3n) is 2.57.